The minimum absolute atomic E-state index is 0.217. The molecule has 1 N–H and O–H groups in total. The van der Waals surface area contributed by atoms with Crippen LogP contribution >= 0.6 is 15.9 Å². The van der Waals surface area contributed by atoms with Gasteiger partial charge in [0, 0.05) is 5.39 Å². The van der Waals surface area contributed by atoms with Gasteiger partial charge in [-0.2, -0.15) is 5.10 Å². The van der Waals surface area contributed by atoms with E-state index in [9.17, 15) is 4.79 Å². The Balaban J connectivity index is 1.54. The lowest BCUT2D eigenvalue weighted by atomic mass is 10.1. The summed E-state index contributed by atoms with van der Waals surface area (Å²) in [7, 11) is 1.60. The summed E-state index contributed by atoms with van der Waals surface area (Å²) < 4.78 is 11.7. The number of amides is 1. The van der Waals surface area contributed by atoms with Crippen molar-refractivity contribution in [3.8, 4) is 5.75 Å². The molecule has 0 fully saturated rings. The summed E-state index contributed by atoms with van der Waals surface area (Å²) in [6, 6.07) is 19.1. The van der Waals surface area contributed by atoms with Gasteiger partial charge in [0.1, 0.15) is 11.3 Å². The first-order chi connectivity index (χ1) is 13.2. The van der Waals surface area contributed by atoms with Gasteiger partial charge in [-0.05, 0) is 62.6 Å². The molecule has 1 amide bonds. The van der Waals surface area contributed by atoms with Crippen molar-refractivity contribution in [2.75, 3.05) is 7.11 Å². The maximum atomic E-state index is 12.4. The molecule has 0 aliphatic heterocycles. The van der Waals surface area contributed by atoms with Crippen LogP contribution in [0, 0.1) is 0 Å². The Labute approximate surface area is 163 Å². The SMILES string of the molecule is COc1ccc(/C=N\NC(=O)c2cc3c(ccc4ccccc43)o2)cc1Br. The lowest BCUT2D eigenvalue weighted by Gasteiger charge is -2.03. The van der Waals surface area contributed by atoms with Crippen molar-refractivity contribution in [3.05, 3.63) is 76.5 Å². The van der Waals surface area contributed by atoms with E-state index in [4.69, 9.17) is 9.15 Å². The number of halogens is 1. The molecule has 27 heavy (non-hydrogen) atoms. The fourth-order valence-corrected chi connectivity index (χ4v) is 3.45. The van der Waals surface area contributed by atoms with E-state index in [1.54, 1.807) is 19.4 Å². The smallest absolute Gasteiger partial charge is 0.307 e. The van der Waals surface area contributed by atoms with E-state index in [2.05, 4.69) is 26.5 Å². The van der Waals surface area contributed by atoms with Gasteiger partial charge in [-0.1, -0.05) is 30.3 Å². The molecule has 6 heteroatoms. The summed E-state index contributed by atoms with van der Waals surface area (Å²) in [5, 5.41) is 7.05. The molecular formula is C21H15BrN2O3. The second kappa shape index (κ2) is 7.25. The van der Waals surface area contributed by atoms with Crippen molar-refractivity contribution in [2.45, 2.75) is 0 Å². The highest BCUT2D eigenvalue weighted by molar-refractivity contribution is 9.10. The van der Waals surface area contributed by atoms with E-state index in [0.29, 0.717) is 5.58 Å². The third-order valence-corrected chi connectivity index (χ3v) is 4.83. The van der Waals surface area contributed by atoms with Crippen molar-refractivity contribution in [3.63, 3.8) is 0 Å². The third kappa shape index (κ3) is 3.44. The summed E-state index contributed by atoms with van der Waals surface area (Å²) in [5.74, 6) is 0.541. The predicted molar refractivity (Wildman–Crippen MR) is 109 cm³/mol. The molecule has 3 aromatic carbocycles. The van der Waals surface area contributed by atoms with Gasteiger partial charge in [-0.3, -0.25) is 4.79 Å². The molecule has 4 rings (SSSR count). The number of carbonyl (C=O) groups excluding carboxylic acids is 1. The first-order valence-corrected chi connectivity index (χ1v) is 9.03. The quantitative estimate of drug-likeness (QED) is 0.366. The molecule has 0 spiro atoms. The van der Waals surface area contributed by atoms with Gasteiger partial charge < -0.3 is 9.15 Å². The van der Waals surface area contributed by atoms with Crippen LogP contribution in [-0.4, -0.2) is 19.2 Å². The van der Waals surface area contributed by atoms with Gasteiger partial charge in [0.25, 0.3) is 0 Å². The van der Waals surface area contributed by atoms with Crippen molar-refractivity contribution < 1.29 is 13.9 Å². The van der Waals surface area contributed by atoms with Crippen LogP contribution < -0.4 is 10.2 Å². The molecule has 0 atom stereocenters. The first-order valence-electron chi connectivity index (χ1n) is 8.24. The number of nitrogens with zero attached hydrogens (tertiary/aromatic N) is 1. The average molecular weight is 423 g/mol. The number of ether oxygens (including phenoxy) is 1. The Hall–Kier alpha value is -3.12. The van der Waals surface area contributed by atoms with Crippen LogP contribution in [0.3, 0.4) is 0 Å². The lowest BCUT2D eigenvalue weighted by molar-refractivity contribution is 0.0929. The standard InChI is InChI=1S/C21H15BrN2O3/c1-26-19-8-6-13(10-17(19)22)12-23-24-21(25)20-11-16-15-5-3-2-4-14(15)7-9-18(16)27-20/h2-12H,1H3,(H,24,25)/b23-12-. The number of hydrazone groups is 1. The Morgan fingerprint density at radius 2 is 1.96 bits per heavy atom. The normalized spacial score (nSPS) is 11.3. The Morgan fingerprint density at radius 3 is 2.78 bits per heavy atom. The Bertz CT molecular complexity index is 1180. The summed E-state index contributed by atoms with van der Waals surface area (Å²) in [6.45, 7) is 0. The average Bonchev–Trinajstić information content (AvgIpc) is 3.13. The maximum Gasteiger partial charge on any atom is 0.307 e. The van der Waals surface area contributed by atoms with Gasteiger partial charge in [-0.15, -0.1) is 0 Å². The van der Waals surface area contributed by atoms with Gasteiger partial charge >= 0.3 is 5.91 Å². The molecule has 0 saturated heterocycles. The topological polar surface area (TPSA) is 63.8 Å². The summed E-state index contributed by atoms with van der Waals surface area (Å²) in [4.78, 5) is 12.4. The van der Waals surface area contributed by atoms with E-state index in [0.717, 1.165) is 31.9 Å². The van der Waals surface area contributed by atoms with Crippen molar-refractivity contribution >= 4 is 49.8 Å². The van der Waals surface area contributed by atoms with Crippen LogP contribution in [0.15, 0.2) is 74.7 Å². The second-order valence-corrected chi connectivity index (χ2v) is 6.76. The van der Waals surface area contributed by atoms with Crippen LogP contribution in [0.1, 0.15) is 16.1 Å². The molecule has 5 nitrogen and oxygen atoms in total. The third-order valence-electron chi connectivity index (χ3n) is 4.21. The molecule has 0 aliphatic carbocycles. The van der Waals surface area contributed by atoms with Crippen molar-refractivity contribution in [1.82, 2.24) is 5.43 Å². The molecule has 0 bridgehead atoms. The zero-order valence-corrected chi connectivity index (χ0v) is 16.0. The molecule has 0 saturated carbocycles. The van der Waals surface area contributed by atoms with Crippen LogP contribution in [0.2, 0.25) is 0 Å². The highest BCUT2D eigenvalue weighted by Crippen LogP contribution is 2.28. The molecule has 0 aliphatic rings. The van der Waals surface area contributed by atoms with E-state index in [-0.39, 0.29) is 5.76 Å². The van der Waals surface area contributed by atoms with Gasteiger partial charge in [0.05, 0.1) is 17.8 Å². The van der Waals surface area contributed by atoms with Gasteiger partial charge in [0.2, 0.25) is 0 Å². The number of carbonyl (C=O) groups is 1. The number of nitrogens with one attached hydrogen (secondary N) is 1. The molecule has 1 aromatic heterocycles. The summed E-state index contributed by atoms with van der Waals surface area (Å²) in [6.07, 6.45) is 1.56. The molecular weight excluding hydrogens is 408 g/mol. The number of methoxy groups -OCH3 is 1. The molecule has 134 valence electrons. The number of hydrogen-bond donors (Lipinski definition) is 1. The highest BCUT2D eigenvalue weighted by atomic mass is 79.9. The monoisotopic (exact) mass is 422 g/mol. The maximum absolute atomic E-state index is 12.4. The number of fused-ring (bicyclic) bond motifs is 3. The predicted octanol–water partition coefficient (Wildman–Crippen LogP) is 5.12. The largest absolute Gasteiger partial charge is 0.496 e. The van der Waals surface area contributed by atoms with E-state index in [1.165, 1.54) is 0 Å². The fourth-order valence-electron chi connectivity index (χ4n) is 2.89. The fraction of sp³-hybridized carbons (Fsp3) is 0.0476. The Morgan fingerprint density at radius 1 is 1.11 bits per heavy atom. The zero-order valence-electron chi connectivity index (χ0n) is 14.4. The summed E-state index contributed by atoms with van der Waals surface area (Å²) in [5.41, 5.74) is 3.98. The van der Waals surface area contributed by atoms with Gasteiger partial charge in [0.15, 0.2) is 5.76 Å². The Kier molecular flexibility index (Phi) is 4.64. The number of benzene rings is 3. The first kappa shape index (κ1) is 17.3. The van der Waals surface area contributed by atoms with Crippen molar-refractivity contribution in [1.29, 1.82) is 0 Å². The number of hydrogen-bond acceptors (Lipinski definition) is 4. The second-order valence-electron chi connectivity index (χ2n) is 5.90. The molecule has 1 heterocycles. The van der Waals surface area contributed by atoms with Crippen LogP contribution in [0.5, 0.6) is 5.75 Å². The minimum atomic E-state index is -0.404. The minimum Gasteiger partial charge on any atom is -0.496 e. The van der Waals surface area contributed by atoms with E-state index in [1.807, 2.05) is 54.6 Å². The van der Waals surface area contributed by atoms with Crippen LogP contribution in [-0.2, 0) is 0 Å². The summed E-state index contributed by atoms with van der Waals surface area (Å²) >= 11 is 3.42. The molecule has 0 radical (unpaired) electrons. The van der Waals surface area contributed by atoms with Crippen LogP contribution in [0.4, 0.5) is 0 Å². The van der Waals surface area contributed by atoms with E-state index < -0.39 is 5.91 Å². The van der Waals surface area contributed by atoms with E-state index >= 15 is 0 Å². The molecule has 4 aromatic rings. The highest BCUT2D eigenvalue weighted by Gasteiger charge is 2.13. The van der Waals surface area contributed by atoms with Crippen molar-refractivity contribution in [2.24, 2.45) is 5.10 Å². The van der Waals surface area contributed by atoms with Gasteiger partial charge in [-0.25, -0.2) is 5.43 Å². The number of rotatable bonds is 4. The lowest BCUT2D eigenvalue weighted by Crippen LogP contribution is -2.16. The zero-order chi connectivity index (χ0) is 18.8. The van der Waals surface area contributed by atoms with Crippen LogP contribution in [0.25, 0.3) is 21.7 Å². The number of furan rings is 1. The molecule has 0 unspecified atom stereocenters.